The first-order chi connectivity index (χ1) is 14.1. The Balaban J connectivity index is 1.47. The zero-order valence-electron chi connectivity index (χ0n) is 20.0. The third-order valence-corrected chi connectivity index (χ3v) is 12.1. The Morgan fingerprint density at radius 3 is 2.27 bits per heavy atom. The first-order valence-electron chi connectivity index (χ1n) is 12.9. The van der Waals surface area contributed by atoms with Crippen LogP contribution in [0, 0.1) is 51.2 Å². The number of esters is 1. The van der Waals surface area contributed by atoms with Crippen molar-refractivity contribution >= 4 is 5.97 Å². The maximum atomic E-state index is 12.9. The summed E-state index contributed by atoms with van der Waals surface area (Å²) in [5.41, 5.74) is 0.616. The number of methoxy groups -OCH3 is 1. The van der Waals surface area contributed by atoms with Crippen LogP contribution in [0.3, 0.4) is 0 Å². The van der Waals surface area contributed by atoms with Gasteiger partial charge in [-0.3, -0.25) is 4.79 Å². The Hall–Kier alpha value is -0.570. The second-order valence-corrected chi connectivity index (χ2v) is 13.1. The van der Waals surface area contributed by atoms with Gasteiger partial charge in [0.2, 0.25) is 0 Å². The SMILES string of the molecule is COC(=O)C12CCCC1C1CCC3C(C)(CCC4C(C)(C)C(O)CCC43C)C1CC2. The first kappa shape index (κ1) is 21.3. The monoisotopic (exact) mass is 416 g/mol. The van der Waals surface area contributed by atoms with E-state index in [0.29, 0.717) is 28.6 Å². The number of hydrogen-bond acceptors (Lipinski definition) is 3. The molecule has 0 aromatic heterocycles. The van der Waals surface area contributed by atoms with Gasteiger partial charge in [-0.25, -0.2) is 0 Å². The molecule has 30 heavy (non-hydrogen) atoms. The highest BCUT2D eigenvalue weighted by Gasteiger charge is 2.67. The van der Waals surface area contributed by atoms with Gasteiger partial charge in [0, 0.05) is 0 Å². The smallest absolute Gasteiger partial charge is 0.312 e. The molecule has 5 fully saturated rings. The highest BCUT2D eigenvalue weighted by atomic mass is 16.5. The van der Waals surface area contributed by atoms with E-state index in [4.69, 9.17) is 4.74 Å². The molecule has 0 saturated heterocycles. The highest BCUT2D eigenvalue weighted by Crippen LogP contribution is 2.73. The van der Waals surface area contributed by atoms with E-state index in [1.807, 2.05) is 0 Å². The molecule has 0 heterocycles. The van der Waals surface area contributed by atoms with Crippen LogP contribution < -0.4 is 0 Å². The third-order valence-electron chi connectivity index (χ3n) is 12.1. The second kappa shape index (κ2) is 6.72. The van der Waals surface area contributed by atoms with E-state index in [1.54, 1.807) is 7.11 Å². The molecule has 9 atom stereocenters. The van der Waals surface area contributed by atoms with E-state index in [0.717, 1.165) is 31.1 Å². The van der Waals surface area contributed by atoms with Crippen LogP contribution in [-0.4, -0.2) is 24.3 Å². The molecule has 5 rings (SSSR count). The number of carbonyl (C=O) groups is 1. The van der Waals surface area contributed by atoms with Crippen molar-refractivity contribution in [3.05, 3.63) is 0 Å². The van der Waals surface area contributed by atoms with Gasteiger partial charge >= 0.3 is 5.97 Å². The predicted molar refractivity (Wildman–Crippen MR) is 119 cm³/mol. The molecule has 3 nitrogen and oxygen atoms in total. The van der Waals surface area contributed by atoms with Crippen LogP contribution in [0.5, 0.6) is 0 Å². The first-order valence-corrected chi connectivity index (χ1v) is 12.9. The van der Waals surface area contributed by atoms with E-state index in [1.165, 1.54) is 51.4 Å². The Labute approximate surface area is 183 Å². The van der Waals surface area contributed by atoms with Crippen LogP contribution in [0.25, 0.3) is 0 Å². The largest absolute Gasteiger partial charge is 0.469 e. The number of rotatable bonds is 1. The molecule has 9 unspecified atom stereocenters. The van der Waals surface area contributed by atoms with Crippen molar-refractivity contribution < 1.29 is 14.6 Å². The van der Waals surface area contributed by atoms with Gasteiger partial charge in [-0.15, -0.1) is 0 Å². The van der Waals surface area contributed by atoms with E-state index in [2.05, 4.69) is 27.7 Å². The molecule has 5 aliphatic carbocycles. The van der Waals surface area contributed by atoms with E-state index in [9.17, 15) is 9.90 Å². The summed E-state index contributed by atoms with van der Waals surface area (Å²) in [4.78, 5) is 12.9. The average molecular weight is 417 g/mol. The van der Waals surface area contributed by atoms with Crippen LogP contribution in [0.15, 0.2) is 0 Å². The molecular weight excluding hydrogens is 372 g/mol. The molecule has 0 radical (unpaired) electrons. The van der Waals surface area contributed by atoms with Gasteiger partial charge in [-0.05, 0) is 110 Å². The lowest BCUT2D eigenvalue weighted by Crippen LogP contribution is -2.63. The standard InChI is InChI=1S/C27H44O3/c1-24(2)20-11-14-25(3)18-10-16-27(23(29)30-5)13-6-7-19(27)17(18)8-9-21(25)26(20,4)15-12-22(24)28/h17-22,28H,6-16H2,1-5H3. The zero-order chi connectivity index (χ0) is 21.5. The Bertz CT molecular complexity index is 715. The fourth-order valence-corrected chi connectivity index (χ4v) is 10.8. The van der Waals surface area contributed by atoms with Crippen LogP contribution in [0.2, 0.25) is 0 Å². The van der Waals surface area contributed by atoms with Crippen molar-refractivity contribution in [1.29, 1.82) is 0 Å². The molecule has 0 amide bonds. The summed E-state index contributed by atoms with van der Waals surface area (Å²) in [6.07, 6.45) is 13.0. The lowest BCUT2D eigenvalue weighted by atomic mass is 9.36. The highest BCUT2D eigenvalue weighted by molar-refractivity contribution is 5.77. The van der Waals surface area contributed by atoms with Crippen LogP contribution in [0.1, 0.15) is 98.3 Å². The summed E-state index contributed by atoms with van der Waals surface area (Å²) in [5.74, 6) is 3.52. The average Bonchev–Trinajstić information content (AvgIpc) is 3.16. The normalized spacial score (nSPS) is 54.3. The molecule has 5 saturated carbocycles. The fourth-order valence-electron chi connectivity index (χ4n) is 10.8. The minimum atomic E-state index is -0.169. The number of fused-ring (bicyclic) bond motifs is 7. The lowest BCUT2D eigenvalue weighted by molar-refractivity contribution is -0.216. The summed E-state index contributed by atoms with van der Waals surface area (Å²) < 4.78 is 5.36. The Morgan fingerprint density at radius 2 is 1.53 bits per heavy atom. The van der Waals surface area contributed by atoms with Crippen molar-refractivity contribution in [3.8, 4) is 0 Å². The van der Waals surface area contributed by atoms with Gasteiger partial charge in [-0.1, -0.05) is 34.1 Å². The number of aliphatic hydroxyl groups is 1. The lowest BCUT2D eigenvalue weighted by Gasteiger charge is -2.69. The summed E-state index contributed by atoms with van der Waals surface area (Å²) in [7, 11) is 1.60. The molecule has 0 aromatic rings. The Morgan fingerprint density at radius 1 is 0.800 bits per heavy atom. The van der Waals surface area contributed by atoms with Gasteiger partial charge in [0.25, 0.3) is 0 Å². The van der Waals surface area contributed by atoms with Crippen LogP contribution >= 0.6 is 0 Å². The number of aliphatic hydroxyl groups excluding tert-OH is 1. The van der Waals surface area contributed by atoms with Crippen molar-refractivity contribution in [2.75, 3.05) is 7.11 Å². The predicted octanol–water partition coefficient (Wildman–Crippen LogP) is 5.99. The molecule has 0 spiro atoms. The van der Waals surface area contributed by atoms with E-state index in [-0.39, 0.29) is 22.9 Å². The van der Waals surface area contributed by atoms with Crippen molar-refractivity contribution in [2.45, 2.75) is 104 Å². The quantitative estimate of drug-likeness (QED) is 0.534. The maximum Gasteiger partial charge on any atom is 0.312 e. The molecule has 1 N–H and O–H groups in total. The van der Waals surface area contributed by atoms with Crippen molar-refractivity contribution in [2.24, 2.45) is 51.2 Å². The van der Waals surface area contributed by atoms with Gasteiger partial charge in [-0.2, -0.15) is 0 Å². The minimum absolute atomic E-state index is 0.0310. The van der Waals surface area contributed by atoms with Gasteiger partial charge in [0.1, 0.15) is 0 Å². The van der Waals surface area contributed by atoms with Gasteiger partial charge in [0.15, 0.2) is 0 Å². The molecular formula is C27H44O3. The van der Waals surface area contributed by atoms with E-state index >= 15 is 0 Å². The molecule has 5 aliphatic rings. The third kappa shape index (κ3) is 2.51. The van der Waals surface area contributed by atoms with E-state index < -0.39 is 0 Å². The van der Waals surface area contributed by atoms with Crippen LogP contribution in [-0.2, 0) is 9.53 Å². The van der Waals surface area contributed by atoms with Gasteiger partial charge < -0.3 is 9.84 Å². The molecule has 0 aliphatic heterocycles. The number of carbonyl (C=O) groups excluding carboxylic acids is 1. The van der Waals surface area contributed by atoms with Crippen LogP contribution in [0.4, 0.5) is 0 Å². The van der Waals surface area contributed by atoms with Crippen molar-refractivity contribution in [1.82, 2.24) is 0 Å². The zero-order valence-corrected chi connectivity index (χ0v) is 20.0. The maximum absolute atomic E-state index is 12.9. The van der Waals surface area contributed by atoms with Gasteiger partial charge in [0.05, 0.1) is 18.6 Å². The van der Waals surface area contributed by atoms with Crippen molar-refractivity contribution in [3.63, 3.8) is 0 Å². The molecule has 0 aromatic carbocycles. The summed E-state index contributed by atoms with van der Waals surface area (Å²) in [6.45, 7) is 9.88. The molecule has 0 bridgehead atoms. The topological polar surface area (TPSA) is 46.5 Å². The summed E-state index contributed by atoms with van der Waals surface area (Å²) in [5, 5.41) is 10.8. The summed E-state index contributed by atoms with van der Waals surface area (Å²) >= 11 is 0. The number of hydrogen-bond donors (Lipinski definition) is 1. The summed E-state index contributed by atoms with van der Waals surface area (Å²) in [6, 6.07) is 0. The second-order valence-electron chi connectivity index (χ2n) is 13.1. The molecule has 3 heteroatoms. The Kier molecular flexibility index (Phi) is 4.77. The fraction of sp³-hybridized carbons (Fsp3) is 0.963. The minimum Gasteiger partial charge on any atom is -0.469 e. The number of ether oxygens (including phenoxy) is 1. The molecule has 170 valence electrons.